The van der Waals surface area contributed by atoms with Gasteiger partial charge in [0, 0.05) is 12.0 Å². The summed E-state index contributed by atoms with van der Waals surface area (Å²) >= 11 is 0. The largest absolute Gasteiger partial charge is 0.389 e. The zero-order chi connectivity index (χ0) is 12.2. The van der Waals surface area contributed by atoms with Crippen LogP contribution in [-0.2, 0) is 0 Å². The maximum atomic E-state index is 11.9. The molecule has 1 nitrogen and oxygen atoms in total. The van der Waals surface area contributed by atoms with Gasteiger partial charge in [0.15, 0.2) is 5.78 Å². The summed E-state index contributed by atoms with van der Waals surface area (Å²) in [6.45, 7) is 3.54. The fourth-order valence-electron chi connectivity index (χ4n) is 1.20. The van der Waals surface area contributed by atoms with E-state index in [2.05, 4.69) is 6.58 Å². The van der Waals surface area contributed by atoms with Gasteiger partial charge in [0.25, 0.3) is 0 Å². The van der Waals surface area contributed by atoms with E-state index < -0.39 is 24.8 Å². The lowest BCUT2D eigenvalue weighted by molar-refractivity contribution is -0.133. The Labute approximate surface area is 91.6 Å². The molecule has 0 radical (unpaired) electrons. The molecule has 0 N–H and O–H groups in total. The third-order valence-electron chi connectivity index (χ3n) is 2.10. The van der Waals surface area contributed by atoms with Gasteiger partial charge in [0.2, 0.25) is 0 Å². The van der Waals surface area contributed by atoms with Crippen molar-refractivity contribution in [3.63, 3.8) is 0 Å². The summed E-state index contributed by atoms with van der Waals surface area (Å²) in [7, 11) is 0. The summed E-state index contributed by atoms with van der Waals surface area (Å²) in [5.74, 6) is -0.493. The number of alkyl halides is 3. The Bertz CT molecular complexity index is 376. The zero-order valence-corrected chi connectivity index (χ0v) is 8.55. The molecule has 0 atom stereocenters. The van der Waals surface area contributed by atoms with Gasteiger partial charge in [-0.15, -0.1) is 0 Å². The van der Waals surface area contributed by atoms with Gasteiger partial charge in [-0.25, -0.2) is 0 Å². The number of benzene rings is 1. The van der Waals surface area contributed by atoms with Crippen molar-refractivity contribution in [1.82, 2.24) is 0 Å². The fraction of sp³-hybridized carbons (Fsp3) is 0.250. The van der Waals surface area contributed by atoms with E-state index in [9.17, 15) is 18.0 Å². The van der Waals surface area contributed by atoms with Gasteiger partial charge in [0.05, 0.1) is 6.42 Å². The van der Waals surface area contributed by atoms with Gasteiger partial charge in [-0.05, 0) is 5.56 Å². The number of carbonyl (C=O) groups is 1. The molecule has 0 aliphatic heterocycles. The van der Waals surface area contributed by atoms with Crippen LogP contribution in [0.15, 0.2) is 30.8 Å². The molecular formula is C12H11F3O. The molecule has 0 saturated carbocycles. The number of rotatable bonds is 4. The van der Waals surface area contributed by atoms with Crippen molar-refractivity contribution in [3.05, 3.63) is 42.0 Å². The summed E-state index contributed by atoms with van der Waals surface area (Å²) in [6, 6.07) is 6.31. The molecule has 0 aliphatic rings. The summed E-state index contributed by atoms with van der Waals surface area (Å²) in [5, 5.41) is 0. The smallest absolute Gasteiger partial charge is 0.294 e. The van der Waals surface area contributed by atoms with E-state index in [1.54, 1.807) is 18.2 Å². The average molecular weight is 228 g/mol. The molecule has 0 aromatic heterocycles. The first-order valence-electron chi connectivity index (χ1n) is 4.75. The maximum Gasteiger partial charge on any atom is 0.389 e. The van der Waals surface area contributed by atoms with Gasteiger partial charge in [-0.2, -0.15) is 13.2 Å². The quantitative estimate of drug-likeness (QED) is 0.715. The van der Waals surface area contributed by atoms with E-state index in [1.807, 2.05) is 0 Å². The van der Waals surface area contributed by atoms with Crippen molar-refractivity contribution in [2.75, 3.05) is 0 Å². The predicted octanol–water partition coefficient (Wildman–Crippen LogP) is 3.85. The topological polar surface area (TPSA) is 17.1 Å². The molecule has 0 fully saturated rings. The van der Waals surface area contributed by atoms with E-state index in [0.29, 0.717) is 5.56 Å². The van der Waals surface area contributed by atoms with Crippen LogP contribution in [0.1, 0.15) is 28.8 Å². The standard InChI is InChI=1S/C12H11F3O/c1-2-9-3-5-10(6-4-9)11(16)7-8-12(13,14)15/h2-6H,1,7-8H2. The first kappa shape index (κ1) is 12.5. The van der Waals surface area contributed by atoms with Gasteiger partial charge < -0.3 is 0 Å². The molecule has 0 unspecified atom stereocenters. The van der Waals surface area contributed by atoms with Crippen LogP contribution in [0.2, 0.25) is 0 Å². The number of ketones is 1. The van der Waals surface area contributed by atoms with Crippen LogP contribution in [0.25, 0.3) is 6.08 Å². The van der Waals surface area contributed by atoms with Crippen LogP contribution in [0.3, 0.4) is 0 Å². The molecule has 0 amide bonds. The highest BCUT2D eigenvalue weighted by molar-refractivity contribution is 5.96. The molecule has 16 heavy (non-hydrogen) atoms. The van der Waals surface area contributed by atoms with Gasteiger partial charge in [0.1, 0.15) is 0 Å². The zero-order valence-electron chi connectivity index (χ0n) is 8.55. The molecule has 0 spiro atoms. The molecule has 0 aliphatic carbocycles. The first-order valence-corrected chi connectivity index (χ1v) is 4.75. The van der Waals surface area contributed by atoms with Crippen LogP contribution < -0.4 is 0 Å². The molecule has 1 aromatic carbocycles. The molecular weight excluding hydrogens is 217 g/mol. The SMILES string of the molecule is C=Cc1ccc(C(=O)CCC(F)(F)F)cc1. The maximum absolute atomic E-state index is 11.9. The fourth-order valence-corrected chi connectivity index (χ4v) is 1.20. The van der Waals surface area contributed by atoms with Crippen LogP contribution in [0, 0.1) is 0 Å². The average Bonchev–Trinajstić information content (AvgIpc) is 2.25. The predicted molar refractivity (Wildman–Crippen MR) is 56.2 cm³/mol. The third-order valence-corrected chi connectivity index (χ3v) is 2.10. The van der Waals surface area contributed by atoms with E-state index in [1.165, 1.54) is 12.1 Å². The van der Waals surface area contributed by atoms with Crippen molar-refractivity contribution in [1.29, 1.82) is 0 Å². The lowest BCUT2D eigenvalue weighted by Gasteiger charge is -2.05. The summed E-state index contributed by atoms with van der Waals surface area (Å²) in [4.78, 5) is 11.4. The van der Waals surface area contributed by atoms with Crippen LogP contribution >= 0.6 is 0 Å². The van der Waals surface area contributed by atoms with Crippen molar-refractivity contribution in [2.24, 2.45) is 0 Å². The number of halogens is 3. The highest BCUT2D eigenvalue weighted by atomic mass is 19.4. The Morgan fingerprint density at radius 1 is 1.25 bits per heavy atom. The number of hydrogen-bond acceptors (Lipinski definition) is 1. The van der Waals surface area contributed by atoms with E-state index >= 15 is 0 Å². The highest BCUT2D eigenvalue weighted by Gasteiger charge is 2.27. The molecule has 4 heteroatoms. The Morgan fingerprint density at radius 3 is 2.25 bits per heavy atom. The van der Waals surface area contributed by atoms with Crippen LogP contribution in [0.4, 0.5) is 13.2 Å². The van der Waals surface area contributed by atoms with E-state index in [4.69, 9.17) is 0 Å². The highest BCUT2D eigenvalue weighted by Crippen LogP contribution is 2.22. The Kier molecular flexibility index (Phi) is 3.88. The number of hydrogen-bond donors (Lipinski definition) is 0. The normalized spacial score (nSPS) is 11.2. The summed E-state index contributed by atoms with van der Waals surface area (Å²) in [6.07, 6.45) is -4.26. The minimum Gasteiger partial charge on any atom is -0.294 e. The second-order valence-electron chi connectivity index (χ2n) is 3.36. The van der Waals surface area contributed by atoms with E-state index in [0.717, 1.165) is 5.56 Å². The Balaban J connectivity index is 2.63. The molecule has 1 aromatic rings. The minimum absolute atomic E-state index is 0.301. The van der Waals surface area contributed by atoms with Crippen LogP contribution in [0.5, 0.6) is 0 Å². The monoisotopic (exact) mass is 228 g/mol. The van der Waals surface area contributed by atoms with E-state index in [-0.39, 0.29) is 0 Å². The Hall–Kier alpha value is -1.58. The first-order chi connectivity index (χ1) is 7.42. The molecule has 1 rings (SSSR count). The third kappa shape index (κ3) is 3.88. The van der Waals surface area contributed by atoms with Gasteiger partial charge >= 0.3 is 6.18 Å². The van der Waals surface area contributed by atoms with Crippen LogP contribution in [-0.4, -0.2) is 12.0 Å². The summed E-state index contributed by atoms with van der Waals surface area (Å²) in [5.41, 5.74) is 1.13. The Morgan fingerprint density at radius 2 is 1.81 bits per heavy atom. The van der Waals surface area contributed by atoms with Crippen molar-refractivity contribution >= 4 is 11.9 Å². The molecule has 0 saturated heterocycles. The van der Waals surface area contributed by atoms with Gasteiger partial charge in [-0.3, -0.25) is 4.79 Å². The van der Waals surface area contributed by atoms with Crippen molar-refractivity contribution in [3.8, 4) is 0 Å². The molecule has 86 valence electrons. The lowest BCUT2D eigenvalue weighted by atomic mass is 10.0. The lowest BCUT2D eigenvalue weighted by Crippen LogP contribution is -2.10. The second kappa shape index (κ2) is 4.96. The molecule has 0 bridgehead atoms. The van der Waals surface area contributed by atoms with Crippen molar-refractivity contribution < 1.29 is 18.0 Å². The minimum atomic E-state index is -4.28. The molecule has 0 heterocycles. The van der Waals surface area contributed by atoms with Crippen molar-refractivity contribution in [2.45, 2.75) is 19.0 Å². The number of Topliss-reactive ketones (excluding diaryl/α,β-unsaturated/α-hetero) is 1. The second-order valence-corrected chi connectivity index (χ2v) is 3.36. The van der Waals surface area contributed by atoms with Gasteiger partial charge in [-0.1, -0.05) is 36.9 Å². The number of carbonyl (C=O) groups excluding carboxylic acids is 1. The summed E-state index contributed by atoms with van der Waals surface area (Å²) < 4.78 is 35.7.